The fraction of sp³-hybridized carbons (Fsp3) is 0.250. The lowest BCUT2D eigenvalue weighted by Crippen LogP contribution is -2.42. The summed E-state index contributed by atoms with van der Waals surface area (Å²) < 4.78 is 7.18. The number of benzene rings is 1. The number of nitrogens with one attached hydrogen (secondary N) is 1. The molecule has 5 rings (SSSR count). The van der Waals surface area contributed by atoms with Gasteiger partial charge < -0.3 is 15.2 Å². The predicted octanol–water partition coefficient (Wildman–Crippen LogP) is 4.12. The van der Waals surface area contributed by atoms with E-state index in [1.165, 1.54) is 0 Å². The van der Waals surface area contributed by atoms with Gasteiger partial charge in [0.2, 0.25) is 0 Å². The maximum atomic E-state index is 10.2. The van der Waals surface area contributed by atoms with Crippen molar-refractivity contribution in [2.24, 2.45) is 0 Å². The van der Waals surface area contributed by atoms with Gasteiger partial charge in [-0.05, 0) is 30.0 Å². The normalized spacial score (nSPS) is 19.9. The minimum absolute atomic E-state index is 0.123. The number of aliphatic hydroxyl groups excluding tert-OH is 1. The van der Waals surface area contributed by atoms with Gasteiger partial charge in [-0.1, -0.05) is 23.7 Å². The summed E-state index contributed by atoms with van der Waals surface area (Å²) in [5.74, 6) is 0.623. The van der Waals surface area contributed by atoms with Gasteiger partial charge >= 0.3 is 0 Å². The van der Waals surface area contributed by atoms with Crippen molar-refractivity contribution in [1.29, 1.82) is 0 Å². The molecule has 1 aliphatic rings. The predicted molar refractivity (Wildman–Crippen MR) is 112 cm³/mol. The van der Waals surface area contributed by atoms with Crippen LogP contribution in [0.1, 0.15) is 6.42 Å². The Bertz CT molecular complexity index is 1170. The third-order valence-electron chi connectivity index (χ3n) is 4.99. The molecule has 2 N–H and O–H groups in total. The molecule has 1 saturated heterocycles. The highest BCUT2D eigenvalue weighted by Gasteiger charge is 2.25. The smallest absolute Gasteiger partial charge is 0.158 e. The molecule has 8 heteroatoms. The average molecular weight is 413 g/mol. The van der Waals surface area contributed by atoms with Crippen molar-refractivity contribution in [3.05, 3.63) is 47.1 Å². The first kappa shape index (κ1) is 17.8. The third-order valence-corrected chi connectivity index (χ3v) is 6.22. The second-order valence-corrected chi connectivity index (χ2v) is 8.52. The van der Waals surface area contributed by atoms with Gasteiger partial charge in [-0.2, -0.15) is 0 Å². The van der Waals surface area contributed by atoms with Crippen LogP contribution >= 0.6 is 22.9 Å². The molecule has 1 aromatic carbocycles. The summed E-state index contributed by atoms with van der Waals surface area (Å²) in [6.45, 7) is 0.933. The van der Waals surface area contributed by atoms with E-state index in [1.54, 1.807) is 23.7 Å². The van der Waals surface area contributed by atoms with E-state index < -0.39 is 6.10 Å². The molecule has 4 heterocycles. The van der Waals surface area contributed by atoms with Gasteiger partial charge in [0.25, 0.3) is 0 Å². The summed E-state index contributed by atoms with van der Waals surface area (Å²) in [5.41, 5.74) is 1.77. The van der Waals surface area contributed by atoms with E-state index in [-0.39, 0.29) is 6.04 Å². The summed E-state index contributed by atoms with van der Waals surface area (Å²) in [6, 6.07) is 9.95. The van der Waals surface area contributed by atoms with Crippen LogP contribution in [-0.4, -0.2) is 45.6 Å². The lowest BCUT2D eigenvalue weighted by Gasteiger charge is -2.29. The standard InChI is InChI=1S/C20H17ClN4O2S/c21-18-8-11-1-2-12(7-17(11)28-18)19-13-3-5-22-9-14(13)20(25-24-19)23-15-4-6-27-10-16(15)26/h1-3,5,7-9,15-16,26H,4,6,10H2,(H,23,25)/t15-,16-/m1/s1. The number of thiophene rings is 1. The van der Waals surface area contributed by atoms with E-state index in [9.17, 15) is 5.11 Å². The highest BCUT2D eigenvalue weighted by atomic mass is 35.5. The van der Waals surface area contributed by atoms with Gasteiger partial charge in [-0.3, -0.25) is 4.98 Å². The summed E-state index contributed by atoms with van der Waals surface area (Å²) in [5, 5.41) is 25.4. The molecule has 0 spiro atoms. The quantitative estimate of drug-likeness (QED) is 0.526. The van der Waals surface area contributed by atoms with Crippen LogP contribution < -0.4 is 5.32 Å². The number of aromatic nitrogens is 3. The number of rotatable bonds is 3. The Morgan fingerprint density at radius 3 is 3.00 bits per heavy atom. The molecule has 0 radical (unpaired) electrons. The number of hydrogen-bond acceptors (Lipinski definition) is 7. The zero-order valence-electron chi connectivity index (χ0n) is 14.8. The summed E-state index contributed by atoms with van der Waals surface area (Å²) in [6.07, 6.45) is 3.67. The van der Waals surface area contributed by atoms with Crippen molar-refractivity contribution in [2.75, 3.05) is 18.5 Å². The maximum Gasteiger partial charge on any atom is 0.158 e. The molecule has 0 saturated carbocycles. The first-order valence-electron chi connectivity index (χ1n) is 9.01. The molecular formula is C20H17ClN4O2S. The van der Waals surface area contributed by atoms with Gasteiger partial charge in [-0.15, -0.1) is 21.5 Å². The number of pyridine rings is 1. The van der Waals surface area contributed by atoms with Crippen LogP contribution in [0.15, 0.2) is 42.7 Å². The van der Waals surface area contributed by atoms with E-state index in [1.807, 2.05) is 24.3 Å². The number of ether oxygens (including phenoxy) is 1. The van der Waals surface area contributed by atoms with Gasteiger partial charge in [0, 0.05) is 40.0 Å². The van der Waals surface area contributed by atoms with E-state index in [2.05, 4.69) is 26.6 Å². The third kappa shape index (κ3) is 3.20. The molecular weight excluding hydrogens is 396 g/mol. The number of anilines is 1. The van der Waals surface area contributed by atoms with Crippen molar-refractivity contribution < 1.29 is 9.84 Å². The van der Waals surface area contributed by atoms with Gasteiger partial charge in [0.05, 0.1) is 23.1 Å². The molecule has 142 valence electrons. The molecule has 0 amide bonds. The fourth-order valence-electron chi connectivity index (χ4n) is 3.53. The fourth-order valence-corrected chi connectivity index (χ4v) is 4.72. The van der Waals surface area contributed by atoms with Crippen LogP contribution in [0.3, 0.4) is 0 Å². The zero-order valence-corrected chi connectivity index (χ0v) is 16.4. The summed E-state index contributed by atoms with van der Waals surface area (Å²) in [7, 11) is 0. The molecule has 1 fully saturated rings. The minimum atomic E-state index is -0.576. The number of aliphatic hydroxyl groups is 1. The molecule has 6 nitrogen and oxygen atoms in total. The average Bonchev–Trinajstić information content (AvgIpc) is 3.09. The highest BCUT2D eigenvalue weighted by molar-refractivity contribution is 7.22. The molecule has 2 atom stereocenters. The minimum Gasteiger partial charge on any atom is -0.389 e. The molecule has 0 aliphatic carbocycles. The molecule has 1 aliphatic heterocycles. The van der Waals surface area contributed by atoms with Gasteiger partial charge in [-0.25, -0.2) is 0 Å². The number of hydrogen-bond donors (Lipinski definition) is 2. The Kier molecular flexibility index (Phi) is 4.60. The molecule has 4 aromatic rings. The molecule has 28 heavy (non-hydrogen) atoms. The molecule has 3 aromatic heterocycles. The monoisotopic (exact) mass is 412 g/mol. The van der Waals surface area contributed by atoms with Crippen LogP contribution in [0.4, 0.5) is 5.82 Å². The topological polar surface area (TPSA) is 80.2 Å². The van der Waals surface area contributed by atoms with Crippen LogP contribution in [0.5, 0.6) is 0 Å². The van der Waals surface area contributed by atoms with Crippen molar-refractivity contribution in [3.8, 4) is 11.3 Å². The Balaban J connectivity index is 1.58. The van der Waals surface area contributed by atoms with Crippen LogP contribution in [0.25, 0.3) is 32.1 Å². The van der Waals surface area contributed by atoms with Crippen LogP contribution in [0.2, 0.25) is 4.34 Å². The highest BCUT2D eigenvalue weighted by Crippen LogP contribution is 2.35. The second-order valence-electron chi connectivity index (χ2n) is 6.80. The van der Waals surface area contributed by atoms with Crippen molar-refractivity contribution in [3.63, 3.8) is 0 Å². The zero-order chi connectivity index (χ0) is 19.1. The maximum absolute atomic E-state index is 10.2. The van der Waals surface area contributed by atoms with E-state index in [0.29, 0.717) is 25.5 Å². The summed E-state index contributed by atoms with van der Waals surface area (Å²) in [4.78, 5) is 4.26. The molecule has 0 unspecified atom stereocenters. The van der Waals surface area contributed by atoms with Crippen LogP contribution in [0, 0.1) is 0 Å². The largest absolute Gasteiger partial charge is 0.389 e. The second kappa shape index (κ2) is 7.25. The van der Waals surface area contributed by atoms with Crippen molar-refractivity contribution in [1.82, 2.24) is 15.2 Å². The lowest BCUT2D eigenvalue weighted by atomic mass is 10.0. The van der Waals surface area contributed by atoms with E-state index in [4.69, 9.17) is 16.3 Å². The SMILES string of the molecule is O[C@@H]1COCC[C@H]1Nc1nnc(-c2ccc3cc(Cl)sc3c2)c2ccncc12. The Hall–Kier alpha value is -2.32. The number of halogens is 1. The number of nitrogens with zero attached hydrogens (tertiary/aromatic N) is 3. The van der Waals surface area contributed by atoms with E-state index in [0.717, 1.165) is 36.5 Å². The Morgan fingerprint density at radius 2 is 2.11 bits per heavy atom. The first-order valence-corrected chi connectivity index (χ1v) is 10.2. The number of fused-ring (bicyclic) bond motifs is 2. The lowest BCUT2D eigenvalue weighted by molar-refractivity contribution is -0.0135. The Labute approximate surface area is 170 Å². The molecule has 0 bridgehead atoms. The van der Waals surface area contributed by atoms with Gasteiger partial charge in [0.15, 0.2) is 5.82 Å². The van der Waals surface area contributed by atoms with Crippen molar-refractivity contribution in [2.45, 2.75) is 18.6 Å². The van der Waals surface area contributed by atoms with Crippen molar-refractivity contribution >= 4 is 49.6 Å². The summed E-state index contributed by atoms with van der Waals surface area (Å²) >= 11 is 7.69. The Morgan fingerprint density at radius 1 is 1.18 bits per heavy atom. The first-order chi connectivity index (χ1) is 13.7. The van der Waals surface area contributed by atoms with Gasteiger partial charge in [0.1, 0.15) is 5.69 Å². The van der Waals surface area contributed by atoms with E-state index >= 15 is 0 Å². The van der Waals surface area contributed by atoms with Crippen LogP contribution in [-0.2, 0) is 4.74 Å².